The molecule has 1 aromatic rings. The Kier molecular flexibility index (Phi) is 5.84. The summed E-state index contributed by atoms with van der Waals surface area (Å²) in [5.41, 5.74) is 0. The molecule has 1 unspecified atom stereocenters. The van der Waals surface area contributed by atoms with Crippen molar-refractivity contribution in [2.24, 2.45) is 7.05 Å². The fraction of sp³-hybridized carbons (Fsp3) is 0.824. The Hall–Kier alpha value is -1.47. The number of amides is 1. The molecular weight excluding hydrogens is 306 g/mol. The first-order valence-corrected chi connectivity index (χ1v) is 9.15. The van der Waals surface area contributed by atoms with E-state index in [0.29, 0.717) is 12.5 Å². The monoisotopic (exact) mass is 335 g/mol. The van der Waals surface area contributed by atoms with Gasteiger partial charge in [-0.1, -0.05) is 13.3 Å². The van der Waals surface area contributed by atoms with Crippen LogP contribution >= 0.6 is 0 Å². The van der Waals surface area contributed by atoms with Crippen LogP contribution in [0.5, 0.6) is 0 Å². The third kappa shape index (κ3) is 3.78. The van der Waals surface area contributed by atoms with Gasteiger partial charge < -0.3 is 14.2 Å². The number of ether oxygens (including phenoxy) is 1. The second-order valence-corrected chi connectivity index (χ2v) is 6.88. The van der Waals surface area contributed by atoms with Crippen LogP contribution in [0, 0.1) is 0 Å². The molecule has 3 heterocycles. The Balaban J connectivity index is 1.56. The Morgan fingerprint density at radius 1 is 1.33 bits per heavy atom. The molecule has 2 saturated heterocycles. The van der Waals surface area contributed by atoms with Crippen LogP contribution in [0.4, 0.5) is 0 Å². The highest BCUT2D eigenvalue weighted by atomic mass is 16.5. The standard InChI is InChI=1S/C17H29N5O2/c1-3-4-7-21-10-11-24-12-15(21)17(23)22-8-5-14(6-9-22)16-19-18-13-20(16)2/h13-15H,3-12H2,1-2H3. The molecule has 7 heteroatoms. The largest absolute Gasteiger partial charge is 0.378 e. The lowest BCUT2D eigenvalue weighted by Gasteiger charge is -2.39. The maximum absolute atomic E-state index is 13.0. The third-order valence-electron chi connectivity index (χ3n) is 5.24. The van der Waals surface area contributed by atoms with Gasteiger partial charge in [0, 0.05) is 32.6 Å². The van der Waals surface area contributed by atoms with Crippen LogP contribution < -0.4 is 0 Å². The van der Waals surface area contributed by atoms with Crippen LogP contribution in [0.1, 0.15) is 44.3 Å². The van der Waals surface area contributed by atoms with Gasteiger partial charge in [-0.3, -0.25) is 9.69 Å². The highest BCUT2D eigenvalue weighted by Gasteiger charge is 2.34. The molecule has 0 radical (unpaired) electrons. The zero-order valence-corrected chi connectivity index (χ0v) is 14.9. The molecule has 0 spiro atoms. The topological polar surface area (TPSA) is 63.5 Å². The van der Waals surface area contributed by atoms with E-state index < -0.39 is 0 Å². The number of hydrogen-bond donors (Lipinski definition) is 0. The molecule has 0 bridgehead atoms. The van der Waals surface area contributed by atoms with Crippen molar-refractivity contribution in [3.8, 4) is 0 Å². The second-order valence-electron chi connectivity index (χ2n) is 6.88. The molecule has 1 aromatic heterocycles. The van der Waals surface area contributed by atoms with Gasteiger partial charge in [-0.25, -0.2) is 0 Å². The van der Waals surface area contributed by atoms with Crippen LogP contribution in [-0.2, 0) is 16.6 Å². The van der Waals surface area contributed by atoms with Crippen molar-refractivity contribution >= 4 is 5.91 Å². The Bertz CT molecular complexity index is 539. The maximum atomic E-state index is 13.0. The Labute approximate surface area is 144 Å². The zero-order valence-electron chi connectivity index (χ0n) is 14.9. The van der Waals surface area contributed by atoms with Crippen LogP contribution in [0.25, 0.3) is 0 Å². The molecule has 134 valence electrons. The molecule has 0 aliphatic carbocycles. The first-order chi connectivity index (χ1) is 11.7. The molecule has 3 rings (SSSR count). The van der Waals surface area contributed by atoms with Gasteiger partial charge in [0.1, 0.15) is 18.2 Å². The quantitative estimate of drug-likeness (QED) is 0.804. The molecule has 0 saturated carbocycles. The smallest absolute Gasteiger partial charge is 0.242 e. The van der Waals surface area contributed by atoms with Gasteiger partial charge in [0.05, 0.1) is 13.2 Å². The van der Waals surface area contributed by atoms with Crippen LogP contribution in [0.3, 0.4) is 0 Å². The summed E-state index contributed by atoms with van der Waals surface area (Å²) in [6.07, 6.45) is 5.96. The minimum absolute atomic E-state index is 0.100. The number of rotatable bonds is 5. The lowest BCUT2D eigenvalue weighted by Crippen LogP contribution is -2.56. The number of aryl methyl sites for hydroxylation is 1. The molecular formula is C17H29N5O2. The van der Waals surface area contributed by atoms with E-state index in [9.17, 15) is 4.79 Å². The fourth-order valence-corrected chi connectivity index (χ4v) is 3.72. The molecule has 1 atom stereocenters. The maximum Gasteiger partial charge on any atom is 0.242 e. The number of nitrogens with zero attached hydrogens (tertiary/aromatic N) is 5. The Morgan fingerprint density at radius 3 is 2.79 bits per heavy atom. The second kappa shape index (κ2) is 8.07. The summed E-state index contributed by atoms with van der Waals surface area (Å²) in [5, 5.41) is 8.20. The molecule has 2 aliphatic heterocycles. The molecule has 7 nitrogen and oxygen atoms in total. The minimum atomic E-state index is -0.100. The lowest BCUT2D eigenvalue weighted by molar-refractivity contribution is -0.144. The molecule has 24 heavy (non-hydrogen) atoms. The SMILES string of the molecule is CCCCN1CCOCC1C(=O)N1CCC(c2nncn2C)CC1. The zero-order chi connectivity index (χ0) is 16.9. The van der Waals surface area contributed by atoms with Crippen molar-refractivity contribution in [1.29, 1.82) is 0 Å². The average Bonchev–Trinajstić information content (AvgIpc) is 3.06. The predicted octanol–water partition coefficient (Wildman–Crippen LogP) is 1.02. The van der Waals surface area contributed by atoms with Gasteiger partial charge in [-0.2, -0.15) is 0 Å². The summed E-state index contributed by atoms with van der Waals surface area (Å²) < 4.78 is 7.58. The van der Waals surface area contributed by atoms with E-state index in [0.717, 1.165) is 64.3 Å². The minimum Gasteiger partial charge on any atom is -0.378 e. The number of carbonyl (C=O) groups is 1. The lowest BCUT2D eigenvalue weighted by atomic mass is 9.95. The van der Waals surface area contributed by atoms with Crippen molar-refractivity contribution < 1.29 is 9.53 Å². The number of unbranched alkanes of at least 4 members (excludes halogenated alkanes) is 1. The van der Waals surface area contributed by atoms with Crippen molar-refractivity contribution in [2.75, 3.05) is 39.4 Å². The van der Waals surface area contributed by atoms with Gasteiger partial charge in [0.25, 0.3) is 0 Å². The van der Waals surface area contributed by atoms with E-state index in [1.165, 1.54) is 0 Å². The number of aromatic nitrogens is 3. The first kappa shape index (κ1) is 17.4. The summed E-state index contributed by atoms with van der Waals surface area (Å²) in [6, 6.07) is -0.100. The summed E-state index contributed by atoms with van der Waals surface area (Å²) in [6.45, 7) is 6.92. The number of carbonyl (C=O) groups excluding carboxylic acids is 1. The van der Waals surface area contributed by atoms with Gasteiger partial charge in [0.15, 0.2) is 0 Å². The normalized spacial score (nSPS) is 23.6. The number of likely N-dealkylation sites (tertiary alicyclic amines) is 1. The van der Waals surface area contributed by atoms with E-state index in [4.69, 9.17) is 4.74 Å². The number of morpholine rings is 1. The average molecular weight is 335 g/mol. The van der Waals surface area contributed by atoms with Crippen molar-refractivity contribution in [3.63, 3.8) is 0 Å². The molecule has 1 amide bonds. The van der Waals surface area contributed by atoms with Gasteiger partial charge in [-0.05, 0) is 25.8 Å². The summed E-state index contributed by atoms with van der Waals surface area (Å²) >= 11 is 0. The van der Waals surface area contributed by atoms with E-state index in [2.05, 4.69) is 22.0 Å². The van der Waals surface area contributed by atoms with E-state index in [-0.39, 0.29) is 11.9 Å². The highest BCUT2D eigenvalue weighted by molar-refractivity contribution is 5.82. The van der Waals surface area contributed by atoms with Crippen LogP contribution in [0.15, 0.2) is 6.33 Å². The van der Waals surface area contributed by atoms with Gasteiger partial charge in [-0.15, -0.1) is 10.2 Å². The van der Waals surface area contributed by atoms with Gasteiger partial charge >= 0.3 is 0 Å². The fourth-order valence-electron chi connectivity index (χ4n) is 3.72. The van der Waals surface area contributed by atoms with Crippen molar-refractivity contribution in [2.45, 2.75) is 44.6 Å². The van der Waals surface area contributed by atoms with E-state index >= 15 is 0 Å². The predicted molar refractivity (Wildman–Crippen MR) is 90.6 cm³/mol. The molecule has 0 N–H and O–H groups in total. The van der Waals surface area contributed by atoms with Crippen molar-refractivity contribution in [1.82, 2.24) is 24.6 Å². The summed E-state index contributed by atoms with van der Waals surface area (Å²) in [5.74, 6) is 1.68. The molecule has 2 aliphatic rings. The first-order valence-electron chi connectivity index (χ1n) is 9.15. The van der Waals surface area contributed by atoms with E-state index in [1.54, 1.807) is 6.33 Å². The number of piperidine rings is 1. The van der Waals surface area contributed by atoms with Crippen molar-refractivity contribution in [3.05, 3.63) is 12.2 Å². The molecule has 2 fully saturated rings. The number of hydrogen-bond acceptors (Lipinski definition) is 5. The van der Waals surface area contributed by atoms with Gasteiger partial charge in [0.2, 0.25) is 5.91 Å². The van der Waals surface area contributed by atoms with E-state index in [1.807, 2.05) is 16.5 Å². The summed E-state index contributed by atoms with van der Waals surface area (Å²) in [4.78, 5) is 17.3. The molecule has 0 aromatic carbocycles. The van der Waals surface area contributed by atoms with Crippen LogP contribution in [-0.4, -0.2) is 75.9 Å². The Morgan fingerprint density at radius 2 is 2.12 bits per heavy atom. The third-order valence-corrected chi connectivity index (χ3v) is 5.24. The highest BCUT2D eigenvalue weighted by Crippen LogP contribution is 2.27. The van der Waals surface area contributed by atoms with Crippen LogP contribution in [0.2, 0.25) is 0 Å². The summed E-state index contributed by atoms with van der Waals surface area (Å²) in [7, 11) is 1.98.